The summed E-state index contributed by atoms with van der Waals surface area (Å²) in [5, 5.41) is 10.1. The Morgan fingerprint density at radius 2 is 2.26 bits per heavy atom. The molecule has 1 amide bonds. The highest BCUT2D eigenvalue weighted by molar-refractivity contribution is 6.31. The van der Waals surface area contributed by atoms with Crippen molar-refractivity contribution in [2.45, 2.75) is 18.8 Å². The van der Waals surface area contributed by atoms with Crippen molar-refractivity contribution in [1.82, 2.24) is 10.2 Å². The summed E-state index contributed by atoms with van der Waals surface area (Å²) in [5.74, 6) is 0.100. The predicted molar refractivity (Wildman–Crippen MR) is 74.4 cm³/mol. The Hall–Kier alpha value is -2.01. The number of nitrogens with two attached hydrogens (primary N) is 1. The maximum Gasteiger partial charge on any atom is 0.278 e. The zero-order chi connectivity index (χ0) is 13.4. The van der Waals surface area contributed by atoms with Crippen LogP contribution in [0.1, 0.15) is 34.9 Å². The highest BCUT2D eigenvalue weighted by atomic mass is 35.5. The number of hydrogen-bond donors (Lipinski definition) is 3. The molecule has 3 rings (SSSR count). The molecule has 0 unspecified atom stereocenters. The van der Waals surface area contributed by atoms with Crippen LogP contribution in [0.5, 0.6) is 0 Å². The minimum absolute atomic E-state index is 0.238. The maximum absolute atomic E-state index is 12.1. The van der Waals surface area contributed by atoms with Gasteiger partial charge in [-0.25, -0.2) is 0 Å². The lowest BCUT2D eigenvalue weighted by atomic mass is 10.2. The van der Waals surface area contributed by atoms with E-state index in [0.29, 0.717) is 22.3 Å². The van der Waals surface area contributed by atoms with E-state index in [-0.39, 0.29) is 11.6 Å². The van der Waals surface area contributed by atoms with E-state index in [1.165, 1.54) is 0 Å². The Labute approximate surface area is 115 Å². The minimum atomic E-state index is -0.331. The van der Waals surface area contributed by atoms with E-state index in [9.17, 15) is 4.79 Å². The highest BCUT2D eigenvalue weighted by Gasteiger charge is 2.30. The van der Waals surface area contributed by atoms with Crippen LogP contribution >= 0.6 is 11.6 Å². The van der Waals surface area contributed by atoms with Crippen LogP contribution in [0.3, 0.4) is 0 Å². The fraction of sp³-hybridized carbons (Fsp3) is 0.231. The van der Waals surface area contributed by atoms with Crippen LogP contribution in [0.2, 0.25) is 5.02 Å². The molecule has 1 aliphatic carbocycles. The zero-order valence-corrected chi connectivity index (χ0v) is 10.9. The Morgan fingerprint density at radius 1 is 1.47 bits per heavy atom. The lowest BCUT2D eigenvalue weighted by Gasteiger charge is -2.04. The standard InChI is InChI=1S/C13H13ClN4O/c14-8-2-1-3-9(6-8)16-13(19)12-10(15)11(17-18-12)7-4-5-7/h1-3,6-7H,4-5,15H2,(H,16,19)(H,17,18). The van der Waals surface area contributed by atoms with Gasteiger partial charge in [-0.2, -0.15) is 5.10 Å². The number of carbonyl (C=O) groups is 1. The number of rotatable bonds is 3. The van der Waals surface area contributed by atoms with Gasteiger partial charge in [-0.15, -0.1) is 0 Å². The van der Waals surface area contributed by atoms with Crippen molar-refractivity contribution in [2.75, 3.05) is 11.1 Å². The number of aromatic amines is 1. The van der Waals surface area contributed by atoms with Crippen LogP contribution in [-0.2, 0) is 0 Å². The van der Waals surface area contributed by atoms with Gasteiger partial charge in [0.15, 0.2) is 5.69 Å². The maximum atomic E-state index is 12.1. The fourth-order valence-electron chi connectivity index (χ4n) is 1.98. The third-order valence-corrected chi connectivity index (χ3v) is 3.35. The van der Waals surface area contributed by atoms with Crippen molar-refractivity contribution in [3.05, 3.63) is 40.7 Å². The summed E-state index contributed by atoms with van der Waals surface area (Å²) in [7, 11) is 0. The molecule has 0 bridgehead atoms. The highest BCUT2D eigenvalue weighted by Crippen LogP contribution is 2.42. The molecule has 4 N–H and O–H groups in total. The van der Waals surface area contributed by atoms with Gasteiger partial charge in [0, 0.05) is 16.6 Å². The topological polar surface area (TPSA) is 83.8 Å². The fourth-order valence-corrected chi connectivity index (χ4v) is 2.17. The SMILES string of the molecule is Nc1c(C(=O)Nc2cccc(Cl)c2)n[nH]c1C1CC1. The third kappa shape index (κ3) is 2.42. The van der Waals surface area contributed by atoms with Crippen molar-refractivity contribution < 1.29 is 4.79 Å². The van der Waals surface area contributed by atoms with Gasteiger partial charge in [0.05, 0.1) is 11.4 Å². The van der Waals surface area contributed by atoms with Gasteiger partial charge >= 0.3 is 0 Å². The number of nitrogen functional groups attached to an aromatic ring is 1. The quantitative estimate of drug-likeness (QED) is 0.806. The number of halogens is 1. The van der Waals surface area contributed by atoms with Crippen LogP contribution in [-0.4, -0.2) is 16.1 Å². The van der Waals surface area contributed by atoms with Gasteiger partial charge in [0.1, 0.15) is 0 Å². The summed E-state index contributed by atoms with van der Waals surface area (Å²) in [6.07, 6.45) is 2.20. The van der Waals surface area contributed by atoms with Gasteiger partial charge < -0.3 is 11.1 Å². The first-order chi connectivity index (χ1) is 9.15. The van der Waals surface area contributed by atoms with Crippen molar-refractivity contribution in [3.63, 3.8) is 0 Å². The number of nitrogens with one attached hydrogen (secondary N) is 2. The number of benzene rings is 1. The third-order valence-electron chi connectivity index (χ3n) is 3.12. The lowest BCUT2D eigenvalue weighted by Crippen LogP contribution is -2.14. The monoisotopic (exact) mass is 276 g/mol. The number of amides is 1. The van der Waals surface area contributed by atoms with Crippen molar-refractivity contribution in [1.29, 1.82) is 0 Å². The summed E-state index contributed by atoms with van der Waals surface area (Å²) < 4.78 is 0. The lowest BCUT2D eigenvalue weighted by molar-refractivity contribution is 0.102. The predicted octanol–water partition coefficient (Wildman–Crippen LogP) is 2.78. The van der Waals surface area contributed by atoms with Crippen molar-refractivity contribution in [2.24, 2.45) is 0 Å². The molecule has 5 nitrogen and oxygen atoms in total. The van der Waals surface area contributed by atoms with Crippen LogP contribution in [0, 0.1) is 0 Å². The normalized spacial score (nSPS) is 14.4. The number of anilines is 2. The Balaban J connectivity index is 1.80. The molecular formula is C13H13ClN4O. The molecule has 2 aromatic rings. The number of H-pyrrole nitrogens is 1. The van der Waals surface area contributed by atoms with Crippen LogP contribution in [0.15, 0.2) is 24.3 Å². The van der Waals surface area contributed by atoms with Crippen LogP contribution in [0.25, 0.3) is 0 Å². The Kier molecular flexibility index (Phi) is 2.91. The van der Waals surface area contributed by atoms with Crippen LogP contribution in [0.4, 0.5) is 11.4 Å². The molecule has 1 heterocycles. The molecule has 1 aromatic carbocycles. The number of nitrogens with zero attached hydrogens (tertiary/aromatic N) is 1. The molecule has 98 valence electrons. The molecule has 0 atom stereocenters. The Morgan fingerprint density at radius 3 is 2.95 bits per heavy atom. The summed E-state index contributed by atoms with van der Waals surface area (Å²) in [6.45, 7) is 0. The first kappa shape index (κ1) is 12.0. The molecule has 0 saturated heterocycles. The van der Waals surface area contributed by atoms with E-state index in [1.54, 1.807) is 24.3 Å². The molecule has 0 spiro atoms. The van der Waals surface area contributed by atoms with E-state index in [1.807, 2.05) is 0 Å². The molecule has 1 fully saturated rings. The smallest absolute Gasteiger partial charge is 0.278 e. The van der Waals surface area contributed by atoms with Crippen LogP contribution < -0.4 is 11.1 Å². The van der Waals surface area contributed by atoms with Gasteiger partial charge in [0.2, 0.25) is 0 Å². The average molecular weight is 277 g/mol. The summed E-state index contributed by atoms with van der Waals surface area (Å²) >= 11 is 5.86. The summed E-state index contributed by atoms with van der Waals surface area (Å²) in [5.41, 5.74) is 8.12. The molecular weight excluding hydrogens is 264 g/mol. The summed E-state index contributed by atoms with van der Waals surface area (Å²) in [6, 6.07) is 6.94. The zero-order valence-electron chi connectivity index (χ0n) is 10.1. The number of aromatic nitrogens is 2. The van der Waals surface area contributed by atoms with E-state index in [2.05, 4.69) is 15.5 Å². The number of carbonyl (C=O) groups excluding carboxylic acids is 1. The largest absolute Gasteiger partial charge is 0.395 e. The molecule has 6 heteroatoms. The number of hydrogen-bond acceptors (Lipinski definition) is 3. The molecule has 19 heavy (non-hydrogen) atoms. The summed E-state index contributed by atoms with van der Waals surface area (Å²) in [4.78, 5) is 12.1. The average Bonchev–Trinajstić information content (AvgIpc) is 3.13. The van der Waals surface area contributed by atoms with E-state index < -0.39 is 0 Å². The second-order valence-electron chi connectivity index (χ2n) is 4.64. The van der Waals surface area contributed by atoms with Gasteiger partial charge in [-0.3, -0.25) is 9.89 Å². The first-order valence-electron chi connectivity index (χ1n) is 6.06. The minimum Gasteiger partial charge on any atom is -0.395 e. The van der Waals surface area contributed by atoms with E-state index in [0.717, 1.165) is 18.5 Å². The molecule has 0 aliphatic heterocycles. The molecule has 1 saturated carbocycles. The van der Waals surface area contributed by atoms with E-state index in [4.69, 9.17) is 17.3 Å². The molecule has 0 radical (unpaired) electrons. The van der Waals surface area contributed by atoms with E-state index >= 15 is 0 Å². The Bertz CT molecular complexity index is 633. The van der Waals surface area contributed by atoms with Gasteiger partial charge in [-0.05, 0) is 31.0 Å². The van der Waals surface area contributed by atoms with Gasteiger partial charge in [0.25, 0.3) is 5.91 Å². The second kappa shape index (κ2) is 4.59. The molecule has 1 aliphatic rings. The van der Waals surface area contributed by atoms with Gasteiger partial charge in [-0.1, -0.05) is 17.7 Å². The van der Waals surface area contributed by atoms with Crippen molar-refractivity contribution >= 4 is 28.9 Å². The van der Waals surface area contributed by atoms with Crippen molar-refractivity contribution in [3.8, 4) is 0 Å². The molecule has 1 aromatic heterocycles. The first-order valence-corrected chi connectivity index (χ1v) is 6.43. The second-order valence-corrected chi connectivity index (χ2v) is 5.07.